The van der Waals surface area contributed by atoms with Crippen molar-refractivity contribution < 1.29 is 4.39 Å². The highest BCUT2D eigenvalue weighted by Crippen LogP contribution is 2.21. The van der Waals surface area contributed by atoms with Crippen LogP contribution in [-0.4, -0.2) is 43.3 Å². The van der Waals surface area contributed by atoms with E-state index in [2.05, 4.69) is 14.9 Å². The summed E-state index contributed by atoms with van der Waals surface area (Å²) in [5.74, 6) is 1.78. The number of aromatic nitrogens is 2. The van der Waals surface area contributed by atoms with Crippen molar-refractivity contribution >= 4 is 11.6 Å². The molecule has 88 valence electrons. The first kappa shape index (κ1) is 11.1. The zero-order valence-electron chi connectivity index (χ0n) is 9.73. The summed E-state index contributed by atoms with van der Waals surface area (Å²) in [6, 6.07) is 1.94. The summed E-state index contributed by atoms with van der Waals surface area (Å²) in [5, 5.41) is 0. The van der Waals surface area contributed by atoms with Gasteiger partial charge in [0.1, 0.15) is 24.1 Å². The molecule has 1 fully saturated rings. The lowest BCUT2D eigenvalue weighted by Gasteiger charge is -2.29. The number of rotatable bonds is 2. The Bertz CT molecular complexity index is 348. The van der Waals surface area contributed by atoms with E-state index >= 15 is 0 Å². The maximum atomic E-state index is 13.0. The second-order valence-corrected chi connectivity index (χ2v) is 4.29. The average molecular weight is 224 g/mol. The minimum atomic E-state index is -0.647. The first-order valence-electron chi connectivity index (χ1n) is 5.55. The Hall–Kier alpha value is -1.39. The Kier molecular flexibility index (Phi) is 3.22. The van der Waals surface area contributed by atoms with Gasteiger partial charge in [-0.1, -0.05) is 0 Å². The van der Waals surface area contributed by atoms with Crippen LogP contribution in [0.5, 0.6) is 0 Å². The molecule has 1 aliphatic heterocycles. The SMILES string of the molecule is CN(C)c1cc(N2CCC(F)CC2)ncn1. The highest BCUT2D eigenvalue weighted by molar-refractivity contribution is 5.49. The molecule has 1 aromatic rings. The molecule has 0 saturated carbocycles. The third-order valence-corrected chi connectivity index (χ3v) is 2.84. The Morgan fingerprint density at radius 3 is 2.62 bits per heavy atom. The molecule has 2 heterocycles. The van der Waals surface area contributed by atoms with Crippen LogP contribution in [0.1, 0.15) is 12.8 Å². The number of anilines is 2. The lowest BCUT2D eigenvalue weighted by molar-refractivity contribution is 0.276. The van der Waals surface area contributed by atoms with Crippen molar-refractivity contribution in [3.8, 4) is 0 Å². The van der Waals surface area contributed by atoms with Crippen molar-refractivity contribution in [3.63, 3.8) is 0 Å². The quantitative estimate of drug-likeness (QED) is 0.761. The van der Waals surface area contributed by atoms with E-state index in [0.29, 0.717) is 12.8 Å². The van der Waals surface area contributed by atoms with Crippen LogP contribution in [0.4, 0.5) is 16.0 Å². The van der Waals surface area contributed by atoms with Gasteiger partial charge in [0.25, 0.3) is 0 Å². The second-order valence-electron chi connectivity index (χ2n) is 4.29. The van der Waals surface area contributed by atoms with Crippen molar-refractivity contribution in [2.75, 3.05) is 37.0 Å². The smallest absolute Gasteiger partial charge is 0.134 e. The van der Waals surface area contributed by atoms with Gasteiger partial charge in [0.2, 0.25) is 0 Å². The molecule has 0 radical (unpaired) electrons. The molecule has 0 aromatic carbocycles. The highest BCUT2D eigenvalue weighted by atomic mass is 19.1. The molecule has 4 nitrogen and oxygen atoms in total. The Morgan fingerprint density at radius 2 is 2.00 bits per heavy atom. The van der Waals surface area contributed by atoms with Gasteiger partial charge in [-0.2, -0.15) is 0 Å². The molecule has 0 N–H and O–H groups in total. The molecule has 1 aliphatic rings. The number of piperidine rings is 1. The highest BCUT2D eigenvalue weighted by Gasteiger charge is 2.19. The summed E-state index contributed by atoms with van der Waals surface area (Å²) >= 11 is 0. The summed E-state index contributed by atoms with van der Waals surface area (Å²) in [7, 11) is 3.89. The largest absolute Gasteiger partial charge is 0.363 e. The Labute approximate surface area is 95.1 Å². The third-order valence-electron chi connectivity index (χ3n) is 2.84. The van der Waals surface area contributed by atoms with Crippen molar-refractivity contribution in [3.05, 3.63) is 12.4 Å². The summed E-state index contributed by atoms with van der Waals surface area (Å²) in [4.78, 5) is 12.5. The molecule has 2 rings (SSSR count). The molecule has 1 saturated heterocycles. The number of nitrogens with zero attached hydrogens (tertiary/aromatic N) is 4. The molecule has 0 spiro atoms. The van der Waals surface area contributed by atoms with Crippen LogP contribution in [0.2, 0.25) is 0 Å². The van der Waals surface area contributed by atoms with Gasteiger partial charge < -0.3 is 9.80 Å². The number of hydrogen-bond donors (Lipinski definition) is 0. The van der Waals surface area contributed by atoms with Crippen LogP contribution in [0.15, 0.2) is 12.4 Å². The maximum absolute atomic E-state index is 13.0. The molecular formula is C11H17FN4. The normalized spacial score (nSPS) is 17.6. The lowest BCUT2D eigenvalue weighted by Crippen LogP contribution is -2.35. The molecule has 5 heteroatoms. The van der Waals surface area contributed by atoms with Crippen molar-refractivity contribution in [2.45, 2.75) is 19.0 Å². The molecule has 0 bridgehead atoms. The maximum Gasteiger partial charge on any atom is 0.134 e. The Morgan fingerprint density at radius 1 is 1.31 bits per heavy atom. The fourth-order valence-electron chi connectivity index (χ4n) is 1.83. The van der Waals surface area contributed by atoms with E-state index < -0.39 is 6.17 Å². The van der Waals surface area contributed by atoms with Crippen molar-refractivity contribution in [2.24, 2.45) is 0 Å². The first-order valence-corrected chi connectivity index (χ1v) is 5.55. The molecule has 0 aliphatic carbocycles. The van der Waals surface area contributed by atoms with E-state index in [1.54, 1.807) is 6.33 Å². The standard InChI is InChI=1S/C11H17FN4/c1-15(2)10-7-11(14-8-13-10)16-5-3-9(12)4-6-16/h7-9H,3-6H2,1-2H3. The van der Waals surface area contributed by atoms with Gasteiger partial charge in [-0.3, -0.25) is 0 Å². The molecule has 16 heavy (non-hydrogen) atoms. The van der Waals surface area contributed by atoms with E-state index in [9.17, 15) is 4.39 Å². The van der Waals surface area contributed by atoms with Crippen molar-refractivity contribution in [1.29, 1.82) is 0 Å². The fourth-order valence-corrected chi connectivity index (χ4v) is 1.83. The van der Waals surface area contributed by atoms with Gasteiger partial charge >= 0.3 is 0 Å². The van der Waals surface area contributed by atoms with Crippen LogP contribution >= 0.6 is 0 Å². The van der Waals surface area contributed by atoms with Gasteiger partial charge in [0, 0.05) is 33.3 Å². The second kappa shape index (κ2) is 4.63. The van der Waals surface area contributed by atoms with E-state index in [1.165, 1.54) is 0 Å². The predicted molar refractivity (Wildman–Crippen MR) is 62.7 cm³/mol. The fraction of sp³-hybridized carbons (Fsp3) is 0.636. The average Bonchev–Trinajstić information content (AvgIpc) is 2.30. The summed E-state index contributed by atoms with van der Waals surface area (Å²) < 4.78 is 13.0. The van der Waals surface area contributed by atoms with Crippen LogP contribution in [0.25, 0.3) is 0 Å². The predicted octanol–water partition coefficient (Wildman–Crippen LogP) is 1.48. The van der Waals surface area contributed by atoms with E-state index in [4.69, 9.17) is 0 Å². The van der Waals surface area contributed by atoms with Crippen LogP contribution in [0, 0.1) is 0 Å². The molecule has 1 aromatic heterocycles. The molecule has 0 amide bonds. The zero-order valence-corrected chi connectivity index (χ0v) is 9.73. The van der Waals surface area contributed by atoms with Gasteiger partial charge in [-0.25, -0.2) is 14.4 Å². The number of halogens is 1. The van der Waals surface area contributed by atoms with Gasteiger partial charge in [-0.05, 0) is 12.8 Å². The van der Waals surface area contributed by atoms with E-state index in [1.807, 2.05) is 25.1 Å². The van der Waals surface area contributed by atoms with E-state index in [-0.39, 0.29) is 0 Å². The molecule has 0 unspecified atom stereocenters. The topological polar surface area (TPSA) is 32.3 Å². The summed E-state index contributed by atoms with van der Waals surface area (Å²) in [5.41, 5.74) is 0. The van der Waals surface area contributed by atoms with Gasteiger partial charge in [0.15, 0.2) is 0 Å². The van der Waals surface area contributed by atoms with Crippen molar-refractivity contribution in [1.82, 2.24) is 9.97 Å². The lowest BCUT2D eigenvalue weighted by atomic mass is 10.1. The monoisotopic (exact) mass is 224 g/mol. The summed E-state index contributed by atoms with van der Waals surface area (Å²) in [6.07, 6.45) is 2.11. The first-order chi connectivity index (χ1) is 7.66. The Balaban J connectivity index is 2.11. The minimum Gasteiger partial charge on any atom is -0.363 e. The van der Waals surface area contributed by atoms with Crippen LogP contribution < -0.4 is 9.80 Å². The number of alkyl halides is 1. The third kappa shape index (κ3) is 2.40. The molecule has 0 atom stereocenters. The summed E-state index contributed by atoms with van der Waals surface area (Å²) in [6.45, 7) is 1.48. The van der Waals surface area contributed by atoms with Gasteiger partial charge in [-0.15, -0.1) is 0 Å². The van der Waals surface area contributed by atoms with Crippen LogP contribution in [-0.2, 0) is 0 Å². The van der Waals surface area contributed by atoms with E-state index in [0.717, 1.165) is 24.7 Å². The number of hydrogen-bond acceptors (Lipinski definition) is 4. The van der Waals surface area contributed by atoms with Crippen LogP contribution in [0.3, 0.4) is 0 Å². The minimum absolute atomic E-state index is 0.599. The molecular weight excluding hydrogens is 207 g/mol. The van der Waals surface area contributed by atoms with Gasteiger partial charge in [0.05, 0.1) is 0 Å². The zero-order chi connectivity index (χ0) is 11.5.